The quantitative estimate of drug-likeness (QED) is 0.660. The Kier molecular flexibility index (Phi) is 4.14. The number of pyridine rings is 1. The first kappa shape index (κ1) is 14.3. The molecule has 1 aromatic carbocycles. The lowest BCUT2D eigenvalue weighted by molar-refractivity contribution is -0.126. The van der Waals surface area contributed by atoms with Gasteiger partial charge in [0.05, 0.1) is 5.52 Å². The Morgan fingerprint density at radius 2 is 1.91 bits per heavy atom. The molecule has 2 amide bonds. The molecule has 0 saturated carbocycles. The molecule has 112 valence electrons. The number of hydrogen-bond acceptors (Lipinski definition) is 3. The summed E-state index contributed by atoms with van der Waals surface area (Å²) < 4.78 is 0. The summed E-state index contributed by atoms with van der Waals surface area (Å²) in [5.74, 6) is -0.640. The molecule has 3 rings (SSSR count). The van der Waals surface area contributed by atoms with Crippen molar-refractivity contribution < 1.29 is 9.59 Å². The molecule has 2 aromatic rings. The number of hydrogen-bond donors (Lipinski definition) is 2. The SMILES string of the molecule is O=C(NNC(=O)C1CC=CCC1)c1ccc2ccccc2n1. The number of allylic oxidation sites excluding steroid dienone is 2. The zero-order valence-corrected chi connectivity index (χ0v) is 12.1. The van der Waals surface area contributed by atoms with E-state index >= 15 is 0 Å². The average molecular weight is 295 g/mol. The van der Waals surface area contributed by atoms with Crippen molar-refractivity contribution in [3.8, 4) is 0 Å². The van der Waals surface area contributed by atoms with Gasteiger partial charge in [-0.1, -0.05) is 36.4 Å². The number of fused-ring (bicyclic) bond motifs is 1. The van der Waals surface area contributed by atoms with Crippen molar-refractivity contribution in [2.75, 3.05) is 0 Å². The third-order valence-electron chi connectivity index (χ3n) is 3.77. The number of para-hydroxylation sites is 1. The van der Waals surface area contributed by atoms with E-state index in [-0.39, 0.29) is 17.5 Å². The van der Waals surface area contributed by atoms with E-state index in [0.29, 0.717) is 0 Å². The summed E-state index contributed by atoms with van der Waals surface area (Å²) in [6.45, 7) is 0. The Hall–Kier alpha value is -2.69. The van der Waals surface area contributed by atoms with Crippen molar-refractivity contribution >= 4 is 22.7 Å². The van der Waals surface area contributed by atoms with Crippen molar-refractivity contribution in [1.82, 2.24) is 15.8 Å². The molecule has 1 heterocycles. The molecule has 1 aliphatic carbocycles. The van der Waals surface area contributed by atoms with E-state index in [4.69, 9.17) is 0 Å². The van der Waals surface area contributed by atoms with Crippen LogP contribution in [-0.4, -0.2) is 16.8 Å². The number of nitrogens with one attached hydrogen (secondary N) is 2. The summed E-state index contributed by atoms with van der Waals surface area (Å²) in [7, 11) is 0. The van der Waals surface area contributed by atoms with Gasteiger partial charge in [-0.05, 0) is 31.4 Å². The first-order valence-corrected chi connectivity index (χ1v) is 7.35. The van der Waals surface area contributed by atoms with Crippen LogP contribution >= 0.6 is 0 Å². The van der Waals surface area contributed by atoms with Gasteiger partial charge in [-0.25, -0.2) is 4.98 Å². The maximum absolute atomic E-state index is 12.1. The van der Waals surface area contributed by atoms with Crippen molar-refractivity contribution in [3.05, 3.63) is 54.2 Å². The zero-order valence-electron chi connectivity index (χ0n) is 12.1. The first-order chi connectivity index (χ1) is 10.7. The van der Waals surface area contributed by atoms with Crippen LogP contribution in [-0.2, 0) is 4.79 Å². The molecule has 0 saturated heterocycles. The van der Waals surface area contributed by atoms with Crippen LogP contribution in [0.25, 0.3) is 10.9 Å². The van der Waals surface area contributed by atoms with Crippen LogP contribution in [0.5, 0.6) is 0 Å². The average Bonchev–Trinajstić information content (AvgIpc) is 2.59. The van der Waals surface area contributed by atoms with Gasteiger partial charge in [0.25, 0.3) is 5.91 Å². The number of aromatic nitrogens is 1. The van der Waals surface area contributed by atoms with Crippen LogP contribution in [0, 0.1) is 5.92 Å². The van der Waals surface area contributed by atoms with Gasteiger partial charge in [-0.2, -0.15) is 0 Å². The number of carbonyl (C=O) groups is 2. The van der Waals surface area contributed by atoms with Crippen LogP contribution in [0.3, 0.4) is 0 Å². The highest BCUT2D eigenvalue weighted by Gasteiger charge is 2.19. The molecule has 0 aliphatic heterocycles. The van der Waals surface area contributed by atoms with Gasteiger partial charge in [-0.3, -0.25) is 20.4 Å². The molecule has 1 atom stereocenters. The van der Waals surface area contributed by atoms with Crippen LogP contribution in [0.15, 0.2) is 48.6 Å². The summed E-state index contributed by atoms with van der Waals surface area (Å²) in [6, 6.07) is 11.1. The highest BCUT2D eigenvalue weighted by molar-refractivity contribution is 5.96. The minimum Gasteiger partial charge on any atom is -0.273 e. The van der Waals surface area contributed by atoms with Crippen LogP contribution in [0.4, 0.5) is 0 Å². The second kappa shape index (κ2) is 6.39. The van der Waals surface area contributed by atoms with E-state index in [2.05, 4.69) is 21.9 Å². The molecule has 5 heteroatoms. The number of rotatable bonds is 2. The van der Waals surface area contributed by atoms with Crippen LogP contribution in [0.2, 0.25) is 0 Å². The Bertz CT molecular complexity index is 740. The largest absolute Gasteiger partial charge is 0.288 e. The van der Waals surface area contributed by atoms with Crippen LogP contribution < -0.4 is 10.9 Å². The van der Waals surface area contributed by atoms with E-state index < -0.39 is 5.91 Å². The van der Waals surface area contributed by atoms with E-state index in [1.165, 1.54) is 0 Å². The van der Waals surface area contributed by atoms with Gasteiger partial charge in [0.1, 0.15) is 5.69 Å². The lowest BCUT2D eigenvalue weighted by Crippen LogP contribution is -2.45. The molecule has 0 fully saturated rings. The number of carbonyl (C=O) groups excluding carboxylic acids is 2. The van der Waals surface area contributed by atoms with Gasteiger partial charge in [0.15, 0.2) is 0 Å². The number of hydrazine groups is 1. The maximum Gasteiger partial charge on any atom is 0.288 e. The lowest BCUT2D eigenvalue weighted by atomic mass is 9.94. The smallest absolute Gasteiger partial charge is 0.273 e. The predicted molar refractivity (Wildman–Crippen MR) is 83.8 cm³/mol. The molecule has 0 spiro atoms. The summed E-state index contributed by atoms with van der Waals surface area (Å²) in [6.07, 6.45) is 6.50. The van der Waals surface area contributed by atoms with E-state index in [1.54, 1.807) is 6.07 Å². The van der Waals surface area contributed by atoms with Gasteiger partial charge in [0, 0.05) is 11.3 Å². The second-order valence-electron chi connectivity index (χ2n) is 5.31. The molecule has 1 aliphatic rings. The fraction of sp³-hybridized carbons (Fsp3) is 0.235. The molecule has 0 radical (unpaired) electrons. The predicted octanol–water partition coefficient (Wildman–Crippen LogP) is 2.35. The Balaban J connectivity index is 1.63. The van der Waals surface area contributed by atoms with Crippen LogP contribution in [0.1, 0.15) is 29.8 Å². The minimum atomic E-state index is -0.412. The molecular formula is C17H17N3O2. The van der Waals surface area contributed by atoms with Gasteiger partial charge < -0.3 is 0 Å². The molecule has 1 unspecified atom stereocenters. The highest BCUT2D eigenvalue weighted by atomic mass is 16.2. The molecular weight excluding hydrogens is 278 g/mol. The lowest BCUT2D eigenvalue weighted by Gasteiger charge is -2.17. The summed E-state index contributed by atoms with van der Waals surface area (Å²) in [5.41, 5.74) is 5.95. The monoisotopic (exact) mass is 295 g/mol. The molecule has 0 bridgehead atoms. The van der Waals surface area contributed by atoms with Crippen molar-refractivity contribution in [3.63, 3.8) is 0 Å². The standard InChI is InChI=1S/C17H17N3O2/c21-16(13-7-2-1-3-8-13)19-20-17(22)15-11-10-12-6-4-5-9-14(12)18-15/h1-2,4-6,9-11,13H,3,7-8H2,(H,19,21)(H,20,22). The Labute approximate surface area is 128 Å². The van der Waals surface area contributed by atoms with Crippen molar-refractivity contribution in [2.24, 2.45) is 5.92 Å². The highest BCUT2D eigenvalue weighted by Crippen LogP contribution is 2.17. The third-order valence-corrected chi connectivity index (χ3v) is 3.77. The van der Waals surface area contributed by atoms with Gasteiger partial charge >= 0.3 is 0 Å². The number of benzene rings is 1. The zero-order chi connectivity index (χ0) is 15.4. The van der Waals surface area contributed by atoms with E-state index in [9.17, 15) is 9.59 Å². The molecule has 2 N–H and O–H groups in total. The van der Waals surface area contributed by atoms with E-state index in [0.717, 1.165) is 30.2 Å². The maximum atomic E-state index is 12.1. The summed E-state index contributed by atoms with van der Waals surface area (Å²) in [4.78, 5) is 28.3. The molecule has 22 heavy (non-hydrogen) atoms. The fourth-order valence-corrected chi connectivity index (χ4v) is 2.51. The normalized spacial score (nSPS) is 17.2. The topological polar surface area (TPSA) is 71.1 Å². The van der Waals surface area contributed by atoms with Crippen molar-refractivity contribution in [2.45, 2.75) is 19.3 Å². The first-order valence-electron chi connectivity index (χ1n) is 7.35. The third kappa shape index (κ3) is 3.14. The Morgan fingerprint density at radius 1 is 1.05 bits per heavy atom. The molecule has 1 aromatic heterocycles. The molecule has 5 nitrogen and oxygen atoms in total. The second-order valence-corrected chi connectivity index (χ2v) is 5.31. The van der Waals surface area contributed by atoms with Gasteiger partial charge in [0.2, 0.25) is 5.91 Å². The minimum absolute atomic E-state index is 0.0742. The number of nitrogens with zero attached hydrogens (tertiary/aromatic N) is 1. The fourth-order valence-electron chi connectivity index (χ4n) is 2.51. The van der Waals surface area contributed by atoms with Gasteiger partial charge in [-0.15, -0.1) is 0 Å². The van der Waals surface area contributed by atoms with Crippen molar-refractivity contribution in [1.29, 1.82) is 0 Å². The summed E-state index contributed by atoms with van der Waals surface area (Å²) in [5, 5.41) is 0.970. The van der Waals surface area contributed by atoms with E-state index in [1.807, 2.05) is 36.4 Å². The Morgan fingerprint density at radius 3 is 2.73 bits per heavy atom. The number of amides is 2. The summed E-state index contributed by atoms with van der Waals surface area (Å²) >= 11 is 0.